The third-order valence-corrected chi connectivity index (χ3v) is 5.43. The molecule has 4 heterocycles. The Morgan fingerprint density at radius 1 is 1.03 bits per heavy atom. The fourth-order valence-electron chi connectivity index (χ4n) is 3.61. The molecular formula is C23H20ClN5. The first-order valence-electron chi connectivity index (χ1n) is 9.53. The van der Waals surface area contributed by atoms with Crippen LogP contribution in [-0.2, 0) is 0 Å². The van der Waals surface area contributed by atoms with Crippen molar-refractivity contribution in [3.8, 4) is 11.4 Å². The average Bonchev–Trinajstić information content (AvgIpc) is 3.14. The Kier molecular flexibility index (Phi) is 4.45. The van der Waals surface area contributed by atoms with Crippen LogP contribution in [-0.4, -0.2) is 38.4 Å². The van der Waals surface area contributed by atoms with Crippen LogP contribution in [0.1, 0.15) is 5.56 Å². The van der Waals surface area contributed by atoms with Crippen LogP contribution in [0.25, 0.3) is 22.7 Å². The van der Waals surface area contributed by atoms with Crippen molar-refractivity contribution in [3.05, 3.63) is 90.2 Å². The van der Waals surface area contributed by atoms with Crippen molar-refractivity contribution < 1.29 is 0 Å². The molecule has 3 aromatic heterocycles. The zero-order chi connectivity index (χ0) is 19.8. The summed E-state index contributed by atoms with van der Waals surface area (Å²) in [5.74, 6) is 0.856. The fourth-order valence-corrected chi connectivity index (χ4v) is 3.78. The molecule has 1 aliphatic heterocycles. The predicted molar refractivity (Wildman–Crippen MR) is 118 cm³/mol. The highest BCUT2D eigenvalue weighted by Gasteiger charge is 2.28. The number of pyridine rings is 2. The molecule has 1 fully saturated rings. The molecule has 29 heavy (non-hydrogen) atoms. The van der Waals surface area contributed by atoms with Crippen molar-refractivity contribution in [1.29, 1.82) is 0 Å². The molecule has 1 saturated heterocycles. The van der Waals surface area contributed by atoms with Gasteiger partial charge in [-0.1, -0.05) is 54.6 Å². The van der Waals surface area contributed by atoms with Gasteiger partial charge in [0.05, 0.1) is 28.6 Å². The van der Waals surface area contributed by atoms with E-state index >= 15 is 0 Å². The number of aromatic nitrogens is 3. The van der Waals surface area contributed by atoms with E-state index in [1.807, 2.05) is 65.3 Å². The van der Waals surface area contributed by atoms with Crippen molar-refractivity contribution in [2.75, 3.05) is 18.4 Å². The van der Waals surface area contributed by atoms with Crippen LogP contribution in [0.5, 0.6) is 0 Å². The lowest BCUT2D eigenvalue weighted by molar-refractivity contribution is 0.254. The van der Waals surface area contributed by atoms with Crippen LogP contribution in [0.2, 0.25) is 5.02 Å². The van der Waals surface area contributed by atoms with Crippen molar-refractivity contribution in [2.24, 2.45) is 0 Å². The second-order valence-electron chi connectivity index (χ2n) is 7.19. The van der Waals surface area contributed by atoms with Gasteiger partial charge in [0.15, 0.2) is 0 Å². The quantitative estimate of drug-likeness (QED) is 0.521. The minimum Gasteiger partial charge on any atom is -0.367 e. The maximum Gasteiger partial charge on any atom is 0.137 e. The van der Waals surface area contributed by atoms with Crippen LogP contribution >= 0.6 is 11.6 Å². The summed E-state index contributed by atoms with van der Waals surface area (Å²) >= 11 is 6.15. The highest BCUT2D eigenvalue weighted by molar-refractivity contribution is 6.30. The van der Waals surface area contributed by atoms with Crippen molar-refractivity contribution >= 4 is 28.8 Å². The molecule has 4 aromatic rings. The lowest BCUT2D eigenvalue weighted by Gasteiger charge is -2.42. The van der Waals surface area contributed by atoms with Crippen LogP contribution in [0.3, 0.4) is 0 Å². The molecule has 0 amide bonds. The van der Waals surface area contributed by atoms with Gasteiger partial charge in [-0.2, -0.15) is 0 Å². The van der Waals surface area contributed by atoms with E-state index in [2.05, 4.69) is 33.9 Å². The van der Waals surface area contributed by atoms with Gasteiger partial charge in [0.2, 0.25) is 0 Å². The Morgan fingerprint density at radius 3 is 2.69 bits per heavy atom. The summed E-state index contributed by atoms with van der Waals surface area (Å²) in [6.07, 6.45) is 3.69. The summed E-state index contributed by atoms with van der Waals surface area (Å²) in [6, 6.07) is 20.4. The smallest absolute Gasteiger partial charge is 0.137 e. The molecule has 0 aliphatic carbocycles. The average molecular weight is 402 g/mol. The number of anilines is 1. The molecule has 0 spiro atoms. The van der Waals surface area contributed by atoms with E-state index in [1.54, 1.807) is 0 Å². The van der Waals surface area contributed by atoms with Crippen molar-refractivity contribution in [3.63, 3.8) is 0 Å². The number of nitrogens with one attached hydrogen (secondary N) is 1. The van der Waals surface area contributed by atoms with Gasteiger partial charge in [-0.05, 0) is 29.8 Å². The molecule has 1 aromatic carbocycles. The third-order valence-electron chi connectivity index (χ3n) is 5.20. The van der Waals surface area contributed by atoms with Gasteiger partial charge in [-0.3, -0.25) is 4.40 Å². The molecule has 144 valence electrons. The standard InChI is InChI=1S/C23H20ClN5/c1-16(17-6-3-2-4-7-17)28-14-19(15-28)26-22-9-5-8-20(27-22)21-12-25-23-11-10-18(24)13-29(21)23/h2-13,19H,1,14-15H2,(H,26,27). The predicted octanol–water partition coefficient (Wildman–Crippen LogP) is 4.82. The van der Waals surface area contributed by atoms with Crippen LogP contribution in [0.4, 0.5) is 5.82 Å². The van der Waals surface area contributed by atoms with Gasteiger partial charge in [0, 0.05) is 25.0 Å². The van der Waals surface area contributed by atoms with Gasteiger partial charge >= 0.3 is 0 Å². The van der Waals surface area contributed by atoms with Crippen LogP contribution < -0.4 is 5.32 Å². The number of nitrogens with zero attached hydrogens (tertiary/aromatic N) is 4. The highest BCUT2D eigenvalue weighted by atomic mass is 35.5. The molecular weight excluding hydrogens is 382 g/mol. The monoisotopic (exact) mass is 401 g/mol. The number of hydrogen-bond donors (Lipinski definition) is 1. The Balaban J connectivity index is 1.29. The number of imidazole rings is 1. The Labute approximate surface area is 174 Å². The van der Waals surface area contributed by atoms with E-state index in [1.165, 1.54) is 0 Å². The summed E-state index contributed by atoms with van der Waals surface area (Å²) in [7, 11) is 0. The van der Waals surface area contributed by atoms with E-state index in [9.17, 15) is 0 Å². The Hall–Kier alpha value is -3.31. The molecule has 5 nitrogen and oxygen atoms in total. The summed E-state index contributed by atoms with van der Waals surface area (Å²) in [4.78, 5) is 11.5. The van der Waals surface area contributed by atoms with E-state index in [4.69, 9.17) is 16.6 Å². The number of fused-ring (bicyclic) bond motifs is 1. The Bertz CT molecular complexity index is 1180. The number of halogens is 1. The number of rotatable bonds is 5. The molecule has 0 bridgehead atoms. The van der Waals surface area contributed by atoms with Gasteiger partial charge in [0.25, 0.3) is 0 Å². The number of likely N-dealkylation sites (tertiary alicyclic amines) is 1. The lowest BCUT2D eigenvalue weighted by Crippen LogP contribution is -2.53. The first-order valence-corrected chi connectivity index (χ1v) is 9.91. The number of hydrogen-bond acceptors (Lipinski definition) is 4. The maximum absolute atomic E-state index is 6.15. The SMILES string of the molecule is C=C(c1ccccc1)N1CC(Nc2cccc(-c3cnc4ccc(Cl)cn34)n2)C1. The number of benzene rings is 1. The second kappa shape index (κ2) is 7.26. The minimum absolute atomic E-state index is 0.342. The molecule has 0 atom stereocenters. The molecule has 5 rings (SSSR count). The van der Waals surface area contributed by atoms with Crippen molar-refractivity contribution in [2.45, 2.75) is 6.04 Å². The summed E-state index contributed by atoms with van der Waals surface area (Å²) in [5.41, 5.74) is 4.84. The minimum atomic E-state index is 0.342. The van der Waals surface area contributed by atoms with E-state index in [-0.39, 0.29) is 0 Å². The summed E-state index contributed by atoms with van der Waals surface area (Å²) < 4.78 is 1.96. The fraction of sp³-hybridized carbons (Fsp3) is 0.130. The van der Waals surface area contributed by atoms with Gasteiger partial charge in [-0.15, -0.1) is 0 Å². The second-order valence-corrected chi connectivity index (χ2v) is 7.62. The molecule has 6 heteroatoms. The zero-order valence-electron chi connectivity index (χ0n) is 15.8. The molecule has 1 aliphatic rings. The van der Waals surface area contributed by atoms with E-state index < -0.39 is 0 Å². The molecule has 0 saturated carbocycles. The normalized spacial score (nSPS) is 14.0. The van der Waals surface area contributed by atoms with Gasteiger partial charge in [-0.25, -0.2) is 9.97 Å². The molecule has 0 radical (unpaired) electrons. The summed E-state index contributed by atoms with van der Waals surface area (Å²) in [6.45, 7) is 6.05. The van der Waals surface area contributed by atoms with Gasteiger partial charge in [0.1, 0.15) is 11.5 Å². The van der Waals surface area contributed by atoms with Crippen LogP contribution in [0, 0.1) is 0 Å². The zero-order valence-corrected chi connectivity index (χ0v) is 16.5. The lowest BCUT2D eigenvalue weighted by atomic mass is 10.0. The first kappa shape index (κ1) is 17.8. The first-order chi connectivity index (χ1) is 14.2. The van der Waals surface area contributed by atoms with E-state index in [0.717, 1.165) is 47.2 Å². The van der Waals surface area contributed by atoms with Gasteiger partial charge < -0.3 is 10.2 Å². The van der Waals surface area contributed by atoms with E-state index in [0.29, 0.717) is 11.1 Å². The Morgan fingerprint density at radius 2 is 1.86 bits per heavy atom. The van der Waals surface area contributed by atoms with Crippen molar-refractivity contribution in [1.82, 2.24) is 19.3 Å². The highest BCUT2D eigenvalue weighted by Crippen LogP contribution is 2.26. The third kappa shape index (κ3) is 3.45. The topological polar surface area (TPSA) is 45.5 Å². The molecule has 1 N–H and O–H groups in total. The summed E-state index contributed by atoms with van der Waals surface area (Å²) in [5, 5.41) is 4.19. The largest absolute Gasteiger partial charge is 0.367 e. The maximum atomic E-state index is 6.15. The molecule has 0 unspecified atom stereocenters. The van der Waals surface area contributed by atoms with Crippen LogP contribution in [0.15, 0.2) is 79.6 Å².